The van der Waals surface area contributed by atoms with Crippen LogP contribution in [0.1, 0.15) is 24.8 Å². The molecule has 0 saturated carbocycles. The van der Waals surface area contributed by atoms with E-state index in [0.29, 0.717) is 12.1 Å². The minimum atomic E-state index is 0.184. The van der Waals surface area contributed by atoms with Crippen LogP contribution in [0.3, 0.4) is 0 Å². The van der Waals surface area contributed by atoms with Crippen LogP contribution < -0.4 is 11.1 Å². The van der Waals surface area contributed by atoms with Gasteiger partial charge in [-0.25, -0.2) is 0 Å². The summed E-state index contributed by atoms with van der Waals surface area (Å²) in [6, 6.07) is 9.97. The molecule has 3 unspecified atom stereocenters. The number of nitrogens with two attached hydrogens (primary N) is 1. The van der Waals surface area contributed by atoms with E-state index in [1.165, 1.54) is 24.8 Å². The van der Waals surface area contributed by atoms with E-state index in [1.54, 1.807) is 0 Å². The fraction of sp³-hybridized carbons (Fsp3) is 0.538. The Kier molecular flexibility index (Phi) is 2.57. The molecule has 2 aliphatic rings. The molecule has 2 heterocycles. The van der Waals surface area contributed by atoms with E-state index in [9.17, 15) is 0 Å². The van der Waals surface area contributed by atoms with Crippen LogP contribution in [0.15, 0.2) is 28.7 Å². The molecule has 2 bridgehead atoms. The van der Waals surface area contributed by atoms with E-state index in [2.05, 4.69) is 45.5 Å². The lowest BCUT2D eigenvalue weighted by Crippen LogP contribution is -2.45. The molecule has 2 saturated heterocycles. The number of rotatable bonds is 2. The molecular weight excluding hydrogens is 264 g/mol. The molecule has 2 fully saturated rings. The van der Waals surface area contributed by atoms with Crippen molar-refractivity contribution in [3.05, 3.63) is 34.3 Å². The maximum Gasteiger partial charge on any atom is 0.0243 e. The van der Waals surface area contributed by atoms with Gasteiger partial charge >= 0.3 is 0 Å². The summed E-state index contributed by atoms with van der Waals surface area (Å²) in [5.74, 6) is 0. The smallest absolute Gasteiger partial charge is 0.0243 e. The van der Waals surface area contributed by atoms with Crippen LogP contribution in [-0.4, -0.2) is 18.6 Å². The van der Waals surface area contributed by atoms with Crippen molar-refractivity contribution >= 4 is 15.9 Å². The van der Waals surface area contributed by atoms with Gasteiger partial charge in [-0.3, -0.25) is 0 Å². The lowest BCUT2D eigenvalue weighted by atomic mass is 9.69. The number of benzene rings is 1. The third-order valence-corrected chi connectivity index (χ3v) is 4.83. The summed E-state index contributed by atoms with van der Waals surface area (Å²) in [6.45, 7) is 0.753. The second-order valence-electron chi connectivity index (χ2n) is 5.06. The zero-order valence-electron chi connectivity index (χ0n) is 9.25. The van der Waals surface area contributed by atoms with E-state index in [0.717, 1.165) is 11.0 Å². The monoisotopic (exact) mass is 280 g/mol. The predicted octanol–water partition coefficient (Wildman–Crippen LogP) is 2.17. The maximum absolute atomic E-state index is 6.07. The van der Waals surface area contributed by atoms with E-state index in [4.69, 9.17) is 5.73 Å². The van der Waals surface area contributed by atoms with Crippen molar-refractivity contribution in [1.82, 2.24) is 5.32 Å². The van der Waals surface area contributed by atoms with Crippen LogP contribution in [0.25, 0.3) is 0 Å². The van der Waals surface area contributed by atoms with Crippen molar-refractivity contribution in [3.63, 3.8) is 0 Å². The first kappa shape index (κ1) is 10.8. The molecule has 1 aromatic rings. The maximum atomic E-state index is 6.07. The van der Waals surface area contributed by atoms with Crippen LogP contribution in [0, 0.1) is 0 Å². The zero-order chi connectivity index (χ0) is 11.2. The first-order valence-corrected chi connectivity index (χ1v) is 6.76. The quantitative estimate of drug-likeness (QED) is 0.872. The highest BCUT2D eigenvalue weighted by atomic mass is 79.9. The predicted molar refractivity (Wildman–Crippen MR) is 69.4 cm³/mol. The Morgan fingerprint density at radius 3 is 2.56 bits per heavy atom. The largest absolute Gasteiger partial charge is 0.330 e. The van der Waals surface area contributed by atoms with Crippen molar-refractivity contribution in [2.24, 2.45) is 5.73 Å². The zero-order valence-corrected chi connectivity index (χ0v) is 10.8. The van der Waals surface area contributed by atoms with Crippen molar-refractivity contribution in [1.29, 1.82) is 0 Å². The lowest BCUT2D eigenvalue weighted by Gasteiger charge is -2.36. The Bertz CT molecular complexity index is 389. The van der Waals surface area contributed by atoms with Crippen LogP contribution in [0.2, 0.25) is 0 Å². The average molecular weight is 281 g/mol. The molecule has 3 heteroatoms. The van der Waals surface area contributed by atoms with Crippen LogP contribution in [-0.2, 0) is 5.41 Å². The second-order valence-corrected chi connectivity index (χ2v) is 5.98. The first-order chi connectivity index (χ1) is 7.74. The van der Waals surface area contributed by atoms with Crippen LogP contribution in [0.5, 0.6) is 0 Å². The van der Waals surface area contributed by atoms with Gasteiger partial charge in [0.25, 0.3) is 0 Å². The summed E-state index contributed by atoms with van der Waals surface area (Å²) in [5.41, 5.74) is 7.66. The topological polar surface area (TPSA) is 38.0 Å². The standard InChI is InChI=1S/C13H17BrN2/c14-10-3-1-9(2-4-10)13(8-15)7-11-5-6-12(13)16-11/h1-4,11-12,16H,5-8,15H2. The van der Waals surface area contributed by atoms with Gasteiger partial charge < -0.3 is 11.1 Å². The minimum absolute atomic E-state index is 0.184. The second kappa shape index (κ2) is 3.83. The third-order valence-electron chi connectivity index (χ3n) is 4.30. The number of hydrogen-bond acceptors (Lipinski definition) is 2. The van der Waals surface area contributed by atoms with Gasteiger partial charge in [0.05, 0.1) is 0 Å². The number of nitrogens with one attached hydrogen (secondary N) is 1. The molecular formula is C13H17BrN2. The number of hydrogen-bond donors (Lipinski definition) is 2. The van der Waals surface area contributed by atoms with E-state index >= 15 is 0 Å². The third kappa shape index (κ3) is 1.45. The highest BCUT2D eigenvalue weighted by Crippen LogP contribution is 2.44. The summed E-state index contributed by atoms with van der Waals surface area (Å²) in [4.78, 5) is 0. The van der Waals surface area contributed by atoms with Gasteiger partial charge in [-0.2, -0.15) is 0 Å². The average Bonchev–Trinajstić information content (AvgIpc) is 2.90. The highest BCUT2D eigenvalue weighted by Gasteiger charge is 2.50. The van der Waals surface area contributed by atoms with E-state index in [-0.39, 0.29) is 5.41 Å². The molecule has 0 spiro atoms. The minimum Gasteiger partial charge on any atom is -0.330 e. The number of halogens is 1. The molecule has 86 valence electrons. The fourth-order valence-electron chi connectivity index (χ4n) is 3.44. The molecule has 0 radical (unpaired) electrons. The summed E-state index contributed by atoms with van der Waals surface area (Å²) in [6.07, 6.45) is 3.80. The summed E-state index contributed by atoms with van der Waals surface area (Å²) in [7, 11) is 0. The van der Waals surface area contributed by atoms with E-state index < -0.39 is 0 Å². The Hall–Kier alpha value is -0.380. The molecule has 3 atom stereocenters. The molecule has 2 nitrogen and oxygen atoms in total. The molecule has 3 N–H and O–H groups in total. The molecule has 16 heavy (non-hydrogen) atoms. The molecule has 2 aliphatic heterocycles. The lowest BCUT2D eigenvalue weighted by molar-refractivity contribution is 0.340. The van der Waals surface area contributed by atoms with Crippen molar-refractivity contribution < 1.29 is 0 Å². The first-order valence-electron chi connectivity index (χ1n) is 5.97. The van der Waals surface area contributed by atoms with Crippen molar-refractivity contribution in [2.75, 3.05) is 6.54 Å². The van der Waals surface area contributed by atoms with Gasteiger partial charge in [-0.15, -0.1) is 0 Å². The SMILES string of the molecule is NCC1(c2ccc(Br)cc2)CC2CCC1N2. The summed E-state index contributed by atoms with van der Waals surface area (Å²) < 4.78 is 1.14. The summed E-state index contributed by atoms with van der Waals surface area (Å²) in [5, 5.41) is 3.69. The Morgan fingerprint density at radius 2 is 2.06 bits per heavy atom. The van der Waals surface area contributed by atoms with Crippen molar-refractivity contribution in [3.8, 4) is 0 Å². The van der Waals surface area contributed by atoms with Gasteiger partial charge in [0.2, 0.25) is 0 Å². The Labute approximate surface area is 105 Å². The van der Waals surface area contributed by atoms with Crippen molar-refractivity contribution in [2.45, 2.75) is 36.8 Å². The van der Waals surface area contributed by atoms with Gasteiger partial charge in [0.1, 0.15) is 0 Å². The molecule has 0 aliphatic carbocycles. The Balaban J connectivity index is 1.99. The molecule has 1 aromatic carbocycles. The normalized spacial score (nSPS) is 36.9. The van der Waals surface area contributed by atoms with Gasteiger partial charge in [0, 0.05) is 28.5 Å². The van der Waals surface area contributed by atoms with E-state index in [1.807, 2.05) is 0 Å². The molecule has 0 amide bonds. The van der Waals surface area contributed by atoms with Crippen LogP contribution >= 0.6 is 15.9 Å². The number of fused-ring (bicyclic) bond motifs is 2. The summed E-state index contributed by atoms with van der Waals surface area (Å²) >= 11 is 3.49. The van der Waals surface area contributed by atoms with Crippen LogP contribution in [0.4, 0.5) is 0 Å². The molecule has 3 rings (SSSR count). The molecule has 0 aromatic heterocycles. The Morgan fingerprint density at radius 1 is 1.31 bits per heavy atom. The fourth-order valence-corrected chi connectivity index (χ4v) is 3.71. The highest BCUT2D eigenvalue weighted by molar-refractivity contribution is 9.10. The van der Waals surface area contributed by atoms with Gasteiger partial charge in [-0.1, -0.05) is 28.1 Å². The van der Waals surface area contributed by atoms with Gasteiger partial charge in [0.15, 0.2) is 0 Å². The van der Waals surface area contributed by atoms with Gasteiger partial charge in [-0.05, 0) is 37.0 Å².